The van der Waals surface area contributed by atoms with E-state index in [1.165, 1.54) is 11.3 Å². The van der Waals surface area contributed by atoms with Crippen molar-refractivity contribution in [3.8, 4) is 0 Å². The Bertz CT molecular complexity index is 676. The first-order chi connectivity index (χ1) is 10.9. The van der Waals surface area contributed by atoms with Gasteiger partial charge in [-0.1, -0.05) is 32.1 Å². The van der Waals surface area contributed by atoms with Gasteiger partial charge in [-0.3, -0.25) is 10.2 Å². The fraction of sp³-hybridized carbons (Fsp3) is 0.533. The van der Waals surface area contributed by atoms with Gasteiger partial charge in [0.2, 0.25) is 5.13 Å². The molecule has 1 N–H and O–H groups in total. The van der Waals surface area contributed by atoms with Gasteiger partial charge in [-0.15, -0.1) is 10.2 Å². The van der Waals surface area contributed by atoms with E-state index >= 15 is 0 Å². The lowest BCUT2D eigenvalue weighted by molar-refractivity contribution is 0.229. The molecule has 2 aromatic heterocycles. The van der Waals surface area contributed by atoms with Crippen LogP contribution < -0.4 is 10.2 Å². The summed E-state index contributed by atoms with van der Waals surface area (Å²) < 4.78 is 5.33. The van der Waals surface area contributed by atoms with Crippen LogP contribution in [-0.2, 0) is 12.0 Å². The fourth-order valence-electron chi connectivity index (χ4n) is 2.35. The van der Waals surface area contributed by atoms with Crippen molar-refractivity contribution < 1.29 is 9.21 Å². The highest BCUT2D eigenvalue weighted by Crippen LogP contribution is 2.32. The summed E-state index contributed by atoms with van der Waals surface area (Å²) in [5, 5.41) is 13.4. The molecular formula is C15H21N5O2S. The largest absolute Gasteiger partial charge is 0.468 e. The van der Waals surface area contributed by atoms with Crippen LogP contribution in [0.4, 0.5) is 9.93 Å². The molecule has 0 radical (unpaired) electrons. The zero-order valence-corrected chi connectivity index (χ0v) is 14.6. The maximum absolute atomic E-state index is 12.5. The third kappa shape index (κ3) is 3.23. The molecule has 0 aromatic carbocycles. The number of anilines is 1. The van der Waals surface area contributed by atoms with Crippen LogP contribution in [0.15, 0.2) is 22.8 Å². The molecule has 1 fully saturated rings. The van der Waals surface area contributed by atoms with Gasteiger partial charge >= 0.3 is 6.03 Å². The van der Waals surface area contributed by atoms with Crippen LogP contribution >= 0.6 is 11.3 Å². The molecule has 1 saturated heterocycles. The van der Waals surface area contributed by atoms with Gasteiger partial charge in [0.1, 0.15) is 16.9 Å². The van der Waals surface area contributed by atoms with Crippen molar-refractivity contribution in [1.82, 2.24) is 20.4 Å². The molecule has 0 saturated carbocycles. The van der Waals surface area contributed by atoms with Gasteiger partial charge in [0, 0.05) is 12.5 Å². The summed E-state index contributed by atoms with van der Waals surface area (Å²) in [7, 11) is 1.79. The molecule has 0 spiro atoms. The van der Waals surface area contributed by atoms with Crippen molar-refractivity contribution in [2.75, 3.05) is 18.5 Å². The summed E-state index contributed by atoms with van der Waals surface area (Å²) in [5.74, 6) is 0.833. The second kappa shape index (κ2) is 5.93. The van der Waals surface area contributed by atoms with Gasteiger partial charge in [-0.05, 0) is 12.1 Å². The predicted molar refractivity (Wildman–Crippen MR) is 88.4 cm³/mol. The highest BCUT2D eigenvalue weighted by atomic mass is 32.1. The van der Waals surface area contributed by atoms with Crippen molar-refractivity contribution in [3.05, 3.63) is 29.2 Å². The van der Waals surface area contributed by atoms with Crippen molar-refractivity contribution in [3.63, 3.8) is 0 Å². The predicted octanol–water partition coefficient (Wildman–Crippen LogP) is 2.42. The lowest BCUT2D eigenvalue weighted by Gasteiger charge is -2.20. The number of urea groups is 1. The summed E-state index contributed by atoms with van der Waals surface area (Å²) in [6.07, 6.45) is 1.49. The first-order valence-corrected chi connectivity index (χ1v) is 8.32. The number of carbonyl (C=O) groups is 1. The molecule has 1 aliphatic rings. The van der Waals surface area contributed by atoms with E-state index in [2.05, 4.69) is 36.3 Å². The van der Waals surface area contributed by atoms with Crippen LogP contribution in [0.2, 0.25) is 0 Å². The number of likely N-dealkylation sites (N-methyl/N-ethyl adjacent to an activating group) is 1. The van der Waals surface area contributed by atoms with Crippen molar-refractivity contribution in [2.24, 2.45) is 0 Å². The Morgan fingerprint density at radius 3 is 2.83 bits per heavy atom. The van der Waals surface area contributed by atoms with Crippen LogP contribution in [0.25, 0.3) is 0 Å². The first-order valence-electron chi connectivity index (χ1n) is 7.50. The van der Waals surface area contributed by atoms with Crippen molar-refractivity contribution >= 4 is 22.5 Å². The number of amides is 2. The van der Waals surface area contributed by atoms with E-state index in [0.717, 1.165) is 10.8 Å². The topological polar surface area (TPSA) is 74.5 Å². The Balaban J connectivity index is 1.79. The lowest BCUT2D eigenvalue weighted by atomic mass is 9.98. The zero-order valence-electron chi connectivity index (χ0n) is 13.7. The Kier molecular flexibility index (Phi) is 4.11. The molecule has 1 atom stereocenters. The maximum atomic E-state index is 12.5. The molecule has 3 heterocycles. The van der Waals surface area contributed by atoms with Crippen LogP contribution in [0.5, 0.6) is 0 Å². The van der Waals surface area contributed by atoms with Gasteiger partial charge in [0.05, 0.1) is 19.4 Å². The Hall–Kier alpha value is -1.93. The van der Waals surface area contributed by atoms with E-state index in [1.807, 2.05) is 12.1 Å². The molecule has 3 rings (SSSR count). The average molecular weight is 335 g/mol. The SMILES string of the molecule is CN1CC(NCc2ccco2)N(c2nnc(C(C)(C)C)s2)C1=O. The number of carbonyl (C=O) groups excluding carboxylic acids is 1. The minimum atomic E-state index is -0.154. The van der Waals surface area contributed by atoms with Gasteiger partial charge < -0.3 is 9.32 Å². The molecule has 1 unspecified atom stereocenters. The average Bonchev–Trinajstić information content (AvgIpc) is 3.18. The quantitative estimate of drug-likeness (QED) is 0.929. The first kappa shape index (κ1) is 15.9. The van der Waals surface area contributed by atoms with E-state index in [9.17, 15) is 4.79 Å². The number of aromatic nitrogens is 2. The van der Waals surface area contributed by atoms with Crippen LogP contribution in [-0.4, -0.2) is 40.9 Å². The van der Waals surface area contributed by atoms with Gasteiger partial charge in [-0.25, -0.2) is 4.79 Å². The maximum Gasteiger partial charge on any atom is 0.327 e. The number of nitrogens with one attached hydrogen (secondary N) is 1. The Morgan fingerprint density at radius 1 is 1.43 bits per heavy atom. The monoisotopic (exact) mass is 335 g/mol. The van der Waals surface area contributed by atoms with Crippen LogP contribution in [0.3, 0.4) is 0 Å². The lowest BCUT2D eigenvalue weighted by Crippen LogP contribution is -2.44. The zero-order chi connectivity index (χ0) is 16.6. The molecule has 0 aliphatic carbocycles. The van der Waals surface area contributed by atoms with Crippen molar-refractivity contribution in [1.29, 1.82) is 0 Å². The van der Waals surface area contributed by atoms with E-state index < -0.39 is 0 Å². The summed E-state index contributed by atoms with van der Waals surface area (Å²) in [5.41, 5.74) is -0.0817. The molecule has 8 heteroatoms. The Labute approximate surface area is 139 Å². The second-order valence-electron chi connectivity index (χ2n) is 6.65. The fourth-order valence-corrected chi connectivity index (χ4v) is 3.30. The number of nitrogens with zero attached hydrogens (tertiary/aromatic N) is 4. The Morgan fingerprint density at radius 2 is 2.22 bits per heavy atom. The molecule has 2 amide bonds. The molecule has 0 bridgehead atoms. The van der Waals surface area contributed by atoms with E-state index in [-0.39, 0.29) is 17.6 Å². The number of rotatable bonds is 4. The van der Waals surface area contributed by atoms with E-state index in [4.69, 9.17) is 4.42 Å². The van der Waals surface area contributed by atoms with E-state index in [0.29, 0.717) is 18.2 Å². The number of hydrogen-bond acceptors (Lipinski definition) is 6. The van der Waals surface area contributed by atoms with Crippen LogP contribution in [0.1, 0.15) is 31.5 Å². The molecule has 1 aliphatic heterocycles. The molecule has 23 heavy (non-hydrogen) atoms. The molecule has 7 nitrogen and oxygen atoms in total. The smallest absolute Gasteiger partial charge is 0.327 e. The third-order valence-corrected chi connectivity index (χ3v) is 4.99. The summed E-state index contributed by atoms with van der Waals surface area (Å²) in [6.45, 7) is 7.40. The molecule has 2 aromatic rings. The minimum Gasteiger partial charge on any atom is -0.468 e. The molecular weight excluding hydrogens is 314 g/mol. The van der Waals surface area contributed by atoms with Gasteiger partial charge in [0.25, 0.3) is 0 Å². The molecule has 124 valence electrons. The second-order valence-corrected chi connectivity index (χ2v) is 7.60. The normalized spacial score (nSPS) is 19.0. The highest BCUT2D eigenvalue weighted by Gasteiger charge is 2.38. The number of hydrogen-bond donors (Lipinski definition) is 1. The minimum absolute atomic E-state index is 0.0708. The standard InChI is InChI=1S/C15H21N5O2S/c1-15(2,3)12-17-18-13(23-12)20-11(9-19(4)14(20)21)16-8-10-6-5-7-22-10/h5-7,11,16H,8-9H2,1-4H3. The van der Waals surface area contributed by atoms with E-state index in [1.54, 1.807) is 23.1 Å². The van der Waals surface area contributed by atoms with Crippen molar-refractivity contribution in [2.45, 2.75) is 38.9 Å². The third-order valence-electron chi connectivity index (χ3n) is 3.65. The van der Waals surface area contributed by atoms with Gasteiger partial charge in [0.15, 0.2) is 0 Å². The summed E-state index contributed by atoms with van der Waals surface area (Å²) in [6, 6.07) is 3.68. The highest BCUT2D eigenvalue weighted by molar-refractivity contribution is 7.15. The van der Waals surface area contributed by atoms with Gasteiger partial charge in [-0.2, -0.15) is 0 Å². The summed E-state index contributed by atoms with van der Waals surface area (Å²) >= 11 is 1.46. The van der Waals surface area contributed by atoms with Crippen LogP contribution in [0, 0.1) is 0 Å². The summed E-state index contributed by atoms with van der Waals surface area (Å²) in [4.78, 5) is 15.8. The number of furan rings is 1.